The summed E-state index contributed by atoms with van der Waals surface area (Å²) in [6, 6.07) is 24.0. The van der Waals surface area contributed by atoms with Gasteiger partial charge in [0, 0.05) is 36.8 Å². The summed E-state index contributed by atoms with van der Waals surface area (Å²) >= 11 is 0. The fraction of sp³-hybridized carbons (Fsp3) is 0.219. The average Bonchev–Trinajstić information content (AvgIpc) is 2.96. The van der Waals surface area contributed by atoms with E-state index in [1.807, 2.05) is 29.2 Å². The number of hydrogen-bond acceptors (Lipinski definition) is 5. The maximum Gasteiger partial charge on any atom is 0.416 e. The van der Waals surface area contributed by atoms with E-state index in [9.17, 15) is 27.5 Å². The number of ether oxygens (including phenoxy) is 2. The molecule has 220 valence electrons. The minimum absolute atomic E-state index is 0.0743. The molecule has 42 heavy (non-hydrogen) atoms. The van der Waals surface area contributed by atoms with E-state index >= 15 is 0 Å². The first-order chi connectivity index (χ1) is 20.1. The molecule has 0 aliphatic heterocycles. The Morgan fingerprint density at radius 2 is 1.50 bits per heavy atom. The highest BCUT2D eigenvalue weighted by Crippen LogP contribution is 2.31. The van der Waals surface area contributed by atoms with Gasteiger partial charge in [-0.1, -0.05) is 54.6 Å². The summed E-state index contributed by atoms with van der Waals surface area (Å²) in [6.45, 7) is 0.887. The van der Waals surface area contributed by atoms with Gasteiger partial charge < -0.3 is 20.3 Å². The van der Waals surface area contributed by atoms with Crippen LogP contribution >= 0.6 is 0 Å². The number of alkyl halides is 3. The second-order valence-corrected chi connectivity index (χ2v) is 9.71. The van der Waals surface area contributed by atoms with Crippen molar-refractivity contribution in [2.45, 2.75) is 38.3 Å². The van der Waals surface area contributed by atoms with E-state index in [-0.39, 0.29) is 13.0 Å². The Morgan fingerprint density at radius 3 is 2.17 bits per heavy atom. The molecule has 0 aliphatic rings. The zero-order valence-corrected chi connectivity index (χ0v) is 22.6. The Kier molecular flexibility index (Phi) is 10.2. The first-order valence-electron chi connectivity index (χ1n) is 13.2. The lowest BCUT2D eigenvalue weighted by Gasteiger charge is -2.25. The normalized spacial score (nSPS) is 12.2. The van der Waals surface area contributed by atoms with Gasteiger partial charge in [-0.2, -0.15) is 13.2 Å². The molecule has 0 saturated heterocycles. The number of para-hydroxylation sites is 2. The fourth-order valence-corrected chi connectivity index (χ4v) is 4.31. The Morgan fingerprint density at radius 1 is 0.857 bits per heavy atom. The average molecular weight is 583 g/mol. The van der Waals surface area contributed by atoms with Crippen LogP contribution in [-0.2, 0) is 30.7 Å². The third-order valence-electron chi connectivity index (χ3n) is 6.48. The van der Waals surface area contributed by atoms with Gasteiger partial charge in [0.2, 0.25) is 0 Å². The highest BCUT2D eigenvalue weighted by atomic mass is 19.4. The van der Waals surface area contributed by atoms with E-state index in [1.54, 1.807) is 42.5 Å². The van der Waals surface area contributed by atoms with Gasteiger partial charge in [0.25, 0.3) is 0 Å². The zero-order valence-electron chi connectivity index (χ0n) is 22.6. The lowest BCUT2D eigenvalue weighted by Crippen LogP contribution is -2.35. The SMILES string of the molecule is N[C@@H](CCN(Cc1ccccc1OCc1cccc(C(F)(F)F)c1)Cc1ccccc1Oc1cccc(F)c1)C(=O)O. The third-order valence-corrected chi connectivity index (χ3v) is 6.48. The number of nitrogens with two attached hydrogens (primary N) is 1. The number of carbonyl (C=O) groups is 1. The largest absolute Gasteiger partial charge is 0.489 e. The summed E-state index contributed by atoms with van der Waals surface area (Å²) in [6.07, 6.45) is -4.30. The number of benzene rings is 4. The second kappa shape index (κ2) is 14.0. The molecule has 0 saturated carbocycles. The van der Waals surface area contributed by atoms with Gasteiger partial charge in [-0.25, -0.2) is 4.39 Å². The molecule has 0 heterocycles. The molecule has 4 aromatic carbocycles. The molecular formula is C32H30F4N2O4. The van der Waals surface area contributed by atoms with Crippen molar-refractivity contribution in [1.29, 1.82) is 0 Å². The van der Waals surface area contributed by atoms with Crippen molar-refractivity contribution in [3.05, 3.63) is 125 Å². The minimum atomic E-state index is -4.46. The topological polar surface area (TPSA) is 85.0 Å². The van der Waals surface area contributed by atoms with Gasteiger partial charge in [-0.15, -0.1) is 0 Å². The maximum absolute atomic E-state index is 13.7. The van der Waals surface area contributed by atoms with Gasteiger partial charge >= 0.3 is 12.1 Å². The molecule has 0 fully saturated rings. The molecule has 6 nitrogen and oxygen atoms in total. The number of aliphatic carboxylic acids is 1. The molecule has 0 aliphatic carbocycles. The summed E-state index contributed by atoms with van der Waals surface area (Å²) in [4.78, 5) is 13.4. The number of carboxylic acids is 1. The molecule has 0 unspecified atom stereocenters. The summed E-state index contributed by atoms with van der Waals surface area (Å²) < 4.78 is 65.1. The standard InChI is InChI=1S/C32H30F4N2O4/c33-26-11-6-12-27(18-26)42-30-14-4-2-9-24(30)20-38(16-15-28(37)31(39)40)19-23-8-1-3-13-29(23)41-21-22-7-5-10-25(17-22)32(34,35)36/h1-14,17-18,28H,15-16,19-21,37H2,(H,39,40)/t28-/m0/s1. The third kappa shape index (κ3) is 8.79. The maximum atomic E-state index is 13.7. The molecule has 0 aromatic heterocycles. The van der Waals surface area contributed by atoms with Crippen molar-refractivity contribution >= 4 is 5.97 Å². The molecule has 0 spiro atoms. The molecule has 0 bridgehead atoms. The van der Waals surface area contributed by atoms with Crippen LogP contribution in [0.25, 0.3) is 0 Å². The van der Waals surface area contributed by atoms with Crippen LogP contribution in [-0.4, -0.2) is 28.6 Å². The molecule has 0 radical (unpaired) electrons. The Bertz CT molecular complexity index is 1500. The molecule has 10 heteroatoms. The highest BCUT2D eigenvalue weighted by Gasteiger charge is 2.30. The predicted octanol–water partition coefficient (Wildman–Crippen LogP) is 7.02. The summed E-state index contributed by atoms with van der Waals surface area (Å²) in [5.74, 6) is -0.239. The van der Waals surface area contributed by atoms with Crippen LogP contribution in [0.15, 0.2) is 97.1 Å². The molecule has 0 amide bonds. The van der Waals surface area contributed by atoms with Crippen molar-refractivity contribution < 1.29 is 36.9 Å². The van der Waals surface area contributed by atoms with Crippen molar-refractivity contribution in [2.24, 2.45) is 5.73 Å². The van der Waals surface area contributed by atoms with Gasteiger partial charge in [0.15, 0.2) is 0 Å². The number of halogens is 4. The van der Waals surface area contributed by atoms with Crippen molar-refractivity contribution in [1.82, 2.24) is 4.90 Å². The zero-order chi connectivity index (χ0) is 30.1. The molecule has 1 atom stereocenters. The van der Waals surface area contributed by atoms with Gasteiger partial charge in [0.05, 0.1) is 5.56 Å². The summed E-state index contributed by atoms with van der Waals surface area (Å²) in [5, 5.41) is 9.31. The second-order valence-electron chi connectivity index (χ2n) is 9.71. The molecule has 4 rings (SSSR count). The Labute approximate surface area is 240 Å². The van der Waals surface area contributed by atoms with Crippen LogP contribution in [0.1, 0.15) is 28.7 Å². The van der Waals surface area contributed by atoms with E-state index in [0.29, 0.717) is 42.4 Å². The van der Waals surface area contributed by atoms with Crippen LogP contribution in [0, 0.1) is 5.82 Å². The van der Waals surface area contributed by atoms with Crippen LogP contribution in [0.4, 0.5) is 17.6 Å². The first-order valence-corrected chi connectivity index (χ1v) is 13.2. The quantitative estimate of drug-likeness (QED) is 0.165. The Hall–Kier alpha value is -4.41. The van der Waals surface area contributed by atoms with E-state index < -0.39 is 29.6 Å². The van der Waals surface area contributed by atoms with Gasteiger partial charge in [-0.05, 0) is 48.4 Å². The number of hydrogen-bond donors (Lipinski definition) is 2. The summed E-state index contributed by atoms with van der Waals surface area (Å²) in [7, 11) is 0. The molecule has 3 N–H and O–H groups in total. The van der Waals surface area contributed by atoms with E-state index in [4.69, 9.17) is 15.2 Å². The van der Waals surface area contributed by atoms with Gasteiger partial charge in [-0.3, -0.25) is 9.69 Å². The van der Waals surface area contributed by atoms with Crippen molar-refractivity contribution in [3.63, 3.8) is 0 Å². The number of carboxylic acid groups (broad SMARTS) is 1. The smallest absolute Gasteiger partial charge is 0.416 e. The molecular weight excluding hydrogens is 552 g/mol. The lowest BCUT2D eigenvalue weighted by atomic mass is 10.1. The van der Waals surface area contributed by atoms with Crippen LogP contribution < -0.4 is 15.2 Å². The van der Waals surface area contributed by atoms with E-state index in [1.165, 1.54) is 18.2 Å². The number of nitrogens with zero attached hydrogens (tertiary/aromatic N) is 1. The lowest BCUT2D eigenvalue weighted by molar-refractivity contribution is -0.139. The van der Waals surface area contributed by atoms with Crippen molar-refractivity contribution in [3.8, 4) is 17.2 Å². The highest BCUT2D eigenvalue weighted by molar-refractivity contribution is 5.73. The van der Waals surface area contributed by atoms with Crippen LogP contribution in [0.3, 0.4) is 0 Å². The van der Waals surface area contributed by atoms with Crippen LogP contribution in [0.2, 0.25) is 0 Å². The molecule has 4 aromatic rings. The monoisotopic (exact) mass is 582 g/mol. The number of rotatable bonds is 13. The van der Waals surface area contributed by atoms with Crippen molar-refractivity contribution in [2.75, 3.05) is 6.54 Å². The Balaban J connectivity index is 1.54. The first kappa shape index (κ1) is 30.5. The van der Waals surface area contributed by atoms with Crippen LogP contribution in [0.5, 0.6) is 17.2 Å². The van der Waals surface area contributed by atoms with E-state index in [2.05, 4.69) is 0 Å². The van der Waals surface area contributed by atoms with Gasteiger partial charge in [0.1, 0.15) is 35.7 Å². The fourth-order valence-electron chi connectivity index (χ4n) is 4.31. The summed E-state index contributed by atoms with van der Waals surface area (Å²) in [5.41, 5.74) is 6.92. The predicted molar refractivity (Wildman–Crippen MR) is 149 cm³/mol. The minimum Gasteiger partial charge on any atom is -0.489 e. The van der Waals surface area contributed by atoms with E-state index in [0.717, 1.165) is 23.3 Å².